The Labute approximate surface area is 114 Å². The van der Waals surface area contributed by atoms with Crippen molar-refractivity contribution in [1.82, 2.24) is 9.62 Å². The molecular weight excluding hydrogens is 291 g/mol. The Hall–Kier alpha value is -2.16. The molecule has 1 aliphatic rings. The van der Waals surface area contributed by atoms with Crippen molar-refractivity contribution in [2.24, 2.45) is 0 Å². The molecule has 9 heteroatoms. The first-order valence-electron chi connectivity index (χ1n) is 5.52. The predicted octanol–water partition coefficient (Wildman–Crippen LogP) is 0.274. The Morgan fingerprint density at radius 2 is 1.90 bits per heavy atom. The first kappa shape index (κ1) is 14.3. The molecule has 1 aliphatic heterocycles. The highest BCUT2D eigenvalue weighted by Crippen LogP contribution is 2.21. The van der Waals surface area contributed by atoms with E-state index in [1.807, 2.05) is 0 Å². The molecule has 1 N–H and O–H groups in total. The van der Waals surface area contributed by atoms with Crippen LogP contribution in [0.3, 0.4) is 0 Å². The number of ether oxygens (including phenoxy) is 1. The molecule has 0 spiro atoms. The van der Waals surface area contributed by atoms with Gasteiger partial charge in [0.15, 0.2) is 6.17 Å². The summed E-state index contributed by atoms with van der Waals surface area (Å²) >= 11 is 0. The van der Waals surface area contributed by atoms with E-state index >= 15 is 0 Å². The van der Waals surface area contributed by atoms with E-state index in [1.54, 1.807) is 5.32 Å². The van der Waals surface area contributed by atoms with Gasteiger partial charge < -0.3 is 4.74 Å². The molecule has 108 valence electrons. The molecule has 0 radical (unpaired) electrons. The number of imide groups is 1. The highest BCUT2D eigenvalue weighted by Gasteiger charge is 2.39. The number of methoxy groups -OCH3 is 1. The molecule has 0 bridgehead atoms. The topological polar surface area (TPSA) is 92.8 Å². The van der Waals surface area contributed by atoms with Crippen LogP contribution in [0.2, 0.25) is 0 Å². The maximum atomic E-state index is 13.3. The Morgan fingerprint density at radius 1 is 1.30 bits per heavy atom. The molecule has 3 amide bonds. The van der Waals surface area contributed by atoms with Gasteiger partial charge in [0.1, 0.15) is 5.75 Å². The van der Waals surface area contributed by atoms with Gasteiger partial charge in [-0.3, -0.25) is 10.1 Å². The van der Waals surface area contributed by atoms with E-state index in [2.05, 4.69) is 0 Å². The van der Waals surface area contributed by atoms with Crippen molar-refractivity contribution in [2.45, 2.75) is 11.1 Å². The molecule has 2 rings (SSSR count). The van der Waals surface area contributed by atoms with Crippen LogP contribution >= 0.6 is 0 Å². The van der Waals surface area contributed by atoms with E-state index in [9.17, 15) is 22.4 Å². The van der Waals surface area contributed by atoms with Crippen LogP contribution in [-0.2, 0) is 14.8 Å². The van der Waals surface area contributed by atoms with Gasteiger partial charge >= 0.3 is 6.03 Å². The van der Waals surface area contributed by atoms with E-state index in [1.165, 1.54) is 31.4 Å². The monoisotopic (exact) mass is 302 g/mol. The zero-order chi connectivity index (χ0) is 14.9. The largest absolute Gasteiger partial charge is 0.497 e. The third-order valence-electron chi connectivity index (χ3n) is 2.71. The number of carbonyl (C=O) groups excluding carboxylic acids is 2. The Morgan fingerprint density at radius 3 is 2.45 bits per heavy atom. The molecule has 1 unspecified atom stereocenters. The number of carbonyl (C=O) groups is 2. The Bertz CT molecular complexity index is 643. The first-order valence-corrected chi connectivity index (χ1v) is 6.96. The van der Waals surface area contributed by atoms with Crippen molar-refractivity contribution < 1.29 is 27.1 Å². The smallest absolute Gasteiger partial charge is 0.338 e. The molecule has 1 aromatic carbocycles. The molecule has 1 atom stereocenters. The van der Waals surface area contributed by atoms with Gasteiger partial charge in [0.05, 0.1) is 18.6 Å². The number of amides is 3. The van der Waals surface area contributed by atoms with Gasteiger partial charge in [0.2, 0.25) is 0 Å². The van der Waals surface area contributed by atoms with Crippen molar-refractivity contribution in [3.05, 3.63) is 24.3 Å². The summed E-state index contributed by atoms with van der Waals surface area (Å²) in [4.78, 5) is 22.3. The van der Waals surface area contributed by atoms with Gasteiger partial charge in [-0.2, -0.15) is 0 Å². The third-order valence-corrected chi connectivity index (χ3v) is 4.48. The summed E-state index contributed by atoms with van der Waals surface area (Å²) in [6.45, 7) is -0.834. The minimum absolute atomic E-state index is 0.199. The average molecular weight is 302 g/mol. The molecule has 0 saturated carbocycles. The Balaban J connectivity index is 2.33. The lowest BCUT2D eigenvalue weighted by Gasteiger charge is -2.27. The number of hydrogen-bond acceptors (Lipinski definition) is 5. The van der Waals surface area contributed by atoms with Crippen molar-refractivity contribution in [2.75, 3.05) is 13.7 Å². The molecule has 1 heterocycles. The summed E-state index contributed by atoms with van der Waals surface area (Å²) in [6.07, 6.45) is -2.08. The molecule has 20 heavy (non-hydrogen) atoms. The fourth-order valence-electron chi connectivity index (χ4n) is 1.64. The number of urea groups is 1. The van der Waals surface area contributed by atoms with Gasteiger partial charge in [-0.1, -0.05) is 0 Å². The van der Waals surface area contributed by atoms with Crippen molar-refractivity contribution in [1.29, 1.82) is 0 Å². The fourth-order valence-corrected chi connectivity index (χ4v) is 2.97. The summed E-state index contributed by atoms with van der Waals surface area (Å²) in [6, 6.07) is 4.08. The molecule has 0 aromatic heterocycles. The zero-order valence-corrected chi connectivity index (χ0v) is 11.2. The molecule has 1 aromatic rings. The van der Waals surface area contributed by atoms with Crippen LogP contribution in [0.4, 0.5) is 9.18 Å². The highest BCUT2D eigenvalue weighted by atomic mass is 32.2. The quantitative estimate of drug-likeness (QED) is 0.865. The normalized spacial score (nSPS) is 19.7. The van der Waals surface area contributed by atoms with Crippen LogP contribution in [0.15, 0.2) is 29.2 Å². The van der Waals surface area contributed by atoms with Crippen LogP contribution < -0.4 is 10.1 Å². The molecule has 1 fully saturated rings. The number of alkyl halides is 1. The van der Waals surface area contributed by atoms with E-state index in [0.29, 0.717) is 10.1 Å². The minimum atomic E-state index is -4.22. The zero-order valence-electron chi connectivity index (χ0n) is 10.4. The van der Waals surface area contributed by atoms with E-state index in [4.69, 9.17) is 4.74 Å². The SMILES string of the molecule is COc1ccc(S(=O)(=O)N2CC(F)C(=O)NC2=O)cc1. The first-order chi connectivity index (χ1) is 9.36. The van der Waals surface area contributed by atoms with E-state index in [0.717, 1.165) is 0 Å². The summed E-state index contributed by atoms with van der Waals surface area (Å²) < 4.78 is 42.8. The second-order valence-electron chi connectivity index (χ2n) is 3.97. The number of nitrogens with one attached hydrogen (secondary N) is 1. The fraction of sp³-hybridized carbons (Fsp3) is 0.273. The lowest BCUT2D eigenvalue weighted by molar-refractivity contribution is -0.126. The molecule has 0 aliphatic carbocycles. The minimum Gasteiger partial charge on any atom is -0.497 e. The van der Waals surface area contributed by atoms with Gasteiger partial charge in [-0.25, -0.2) is 21.9 Å². The second kappa shape index (κ2) is 5.08. The standard InChI is InChI=1S/C11H11FN2O5S/c1-19-7-2-4-8(5-3-7)20(17,18)14-6-9(12)10(15)13-11(14)16/h2-5,9H,6H2,1H3,(H,13,15,16). The maximum absolute atomic E-state index is 13.3. The molecular formula is C11H11FN2O5S. The van der Waals surface area contributed by atoms with Crippen LogP contribution in [0.5, 0.6) is 5.75 Å². The van der Waals surface area contributed by atoms with Gasteiger partial charge in [-0.15, -0.1) is 0 Å². The Kier molecular flexibility index (Phi) is 3.62. The van der Waals surface area contributed by atoms with Crippen LogP contribution in [0.1, 0.15) is 0 Å². The molecule has 1 saturated heterocycles. The van der Waals surface area contributed by atoms with E-state index in [-0.39, 0.29) is 4.90 Å². The molecule has 7 nitrogen and oxygen atoms in total. The number of nitrogens with zero attached hydrogens (tertiary/aromatic N) is 1. The number of benzene rings is 1. The summed E-state index contributed by atoms with van der Waals surface area (Å²) in [5, 5.41) is 1.65. The summed E-state index contributed by atoms with van der Waals surface area (Å²) in [5.74, 6) is -0.707. The highest BCUT2D eigenvalue weighted by molar-refractivity contribution is 7.89. The van der Waals surface area contributed by atoms with Crippen LogP contribution in [0.25, 0.3) is 0 Å². The predicted molar refractivity (Wildman–Crippen MR) is 65.3 cm³/mol. The lowest BCUT2D eigenvalue weighted by atomic mass is 10.3. The van der Waals surface area contributed by atoms with Crippen LogP contribution in [-0.4, -0.2) is 44.5 Å². The average Bonchev–Trinajstić information content (AvgIpc) is 2.42. The summed E-state index contributed by atoms with van der Waals surface area (Å²) in [5.41, 5.74) is 0. The van der Waals surface area contributed by atoms with Crippen molar-refractivity contribution >= 4 is 22.0 Å². The van der Waals surface area contributed by atoms with Gasteiger partial charge in [0, 0.05) is 0 Å². The lowest BCUT2D eigenvalue weighted by Crippen LogP contribution is -2.57. The van der Waals surface area contributed by atoms with Gasteiger partial charge in [0.25, 0.3) is 15.9 Å². The number of rotatable bonds is 3. The third kappa shape index (κ3) is 2.44. The number of sulfonamides is 1. The number of halogens is 1. The number of hydrogen-bond donors (Lipinski definition) is 1. The van der Waals surface area contributed by atoms with Gasteiger partial charge in [-0.05, 0) is 24.3 Å². The summed E-state index contributed by atoms with van der Waals surface area (Å²) in [7, 11) is -2.80. The van der Waals surface area contributed by atoms with E-state index < -0.39 is 34.7 Å². The van der Waals surface area contributed by atoms with Crippen LogP contribution in [0, 0.1) is 0 Å². The maximum Gasteiger partial charge on any atom is 0.338 e. The van der Waals surface area contributed by atoms with Crippen molar-refractivity contribution in [3.63, 3.8) is 0 Å². The van der Waals surface area contributed by atoms with Crippen molar-refractivity contribution in [3.8, 4) is 5.75 Å². The second-order valence-corrected chi connectivity index (χ2v) is 5.84.